The lowest BCUT2D eigenvalue weighted by molar-refractivity contribution is -0.258. The molecule has 13 nitrogen and oxygen atoms in total. The van der Waals surface area contributed by atoms with Gasteiger partial charge < -0.3 is 55.1 Å². The van der Waals surface area contributed by atoms with Crippen molar-refractivity contribution >= 4 is 11.9 Å². The fourth-order valence-electron chi connectivity index (χ4n) is 12.7. The van der Waals surface area contributed by atoms with Gasteiger partial charge in [0.15, 0.2) is 6.10 Å². The number of esters is 1. The quantitative estimate of drug-likeness (QED) is 0.125. The summed E-state index contributed by atoms with van der Waals surface area (Å²) in [6, 6.07) is 0. The lowest BCUT2D eigenvalue weighted by Crippen LogP contribution is -2.70. The topological polar surface area (TPSA) is 224 Å². The number of aliphatic hydroxyl groups excluding tert-OH is 7. The van der Waals surface area contributed by atoms with Gasteiger partial charge in [-0.3, -0.25) is 4.79 Å². The highest BCUT2D eigenvalue weighted by atomic mass is 16.6. The molecule has 5 aliphatic carbocycles. The lowest BCUT2D eigenvalue weighted by Gasteiger charge is -2.69. The van der Waals surface area contributed by atoms with Crippen LogP contribution in [-0.2, 0) is 23.8 Å². The normalized spacial score (nSPS) is 50.3. The van der Waals surface area contributed by atoms with Gasteiger partial charge in [-0.05, 0) is 91.3 Å². The Kier molecular flexibility index (Phi) is 11.3. The van der Waals surface area contributed by atoms with Crippen molar-refractivity contribution in [3.8, 4) is 0 Å². The molecule has 5 fully saturated rings. The van der Waals surface area contributed by atoms with Crippen molar-refractivity contribution in [3.63, 3.8) is 0 Å². The molecule has 0 bridgehead atoms. The minimum absolute atomic E-state index is 0.00564. The van der Waals surface area contributed by atoms with E-state index in [1.165, 1.54) is 5.57 Å². The second-order valence-corrected chi connectivity index (χ2v) is 19.5. The fraction of sp³-hybridized carbons (Fsp3) is 0.902. The molecule has 8 N–H and O–H groups in total. The summed E-state index contributed by atoms with van der Waals surface area (Å²) < 4.78 is 17.8. The summed E-state index contributed by atoms with van der Waals surface area (Å²) in [4.78, 5) is 24.6. The highest BCUT2D eigenvalue weighted by Crippen LogP contribution is 2.72. The van der Waals surface area contributed by atoms with Crippen LogP contribution in [0, 0.1) is 56.7 Å². The number of hydrogen-bond acceptors (Lipinski definition) is 12. The van der Waals surface area contributed by atoms with Crippen LogP contribution in [0.1, 0.15) is 99.8 Å². The van der Waals surface area contributed by atoms with Gasteiger partial charge in [-0.1, -0.05) is 60.1 Å². The van der Waals surface area contributed by atoms with Crippen molar-refractivity contribution < 1.29 is 64.7 Å². The second kappa shape index (κ2) is 14.6. The minimum atomic E-state index is -1.79. The molecule has 54 heavy (non-hydrogen) atoms. The van der Waals surface area contributed by atoms with E-state index < -0.39 is 77.1 Å². The molecule has 6 aliphatic rings. The van der Waals surface area contributed by atoms with Gasteiger partial charge in [0.05, 0.1) is 49.0 Å². The molecule has 6 rings (SSSR count). The lowest BCUT2D eigenvalue weighted by atomic mass is 9.36. The van der Waals surface area contributed by atoms with E-state index in [0.717, 1.165) is 25.7 Å². The number of aliphatic carboxylic acids is 1. The third-order valence-corrected chi connectivity index (χ3v) is 16.4. The van der Waals surface area contributed by atoms with Gasteiger partial charge in [0, 0.05) is 5.41 Å². The van der Waals surface area contributed by atoms with Crippen molar-refractivity contribution in [3.05, 3.63) is 11.6 Å². The molecule has 4 saturated carbocycles. The third kappa shape index (κ3) is 6.22. The largest absolute Gasteiger partial charge is 0.479 e. The van der Waals surface area contributed by atoms with Gasteiger partial charge in [0.25, 0.3) is 0 Å². The Morgan fingerprint density at radius 1 is 0.907 bits per heavy atom. The van der Waals surface area contributed by atoms with Gasteiger partial charge in [-0.15, -0.1) is 0 Å². The highest BCUT2D eigenvalue weighted by molar-refractivity contribution is 5.73. The molecule has 1 aliphatic heterocycles. The van der Waals surface area contributed by atoms with Crippen LogP contribution >= 0.6 is 0 Å². The first-order valence-electron chi connectivity index (χ1n) is 20.2. The molecule has 18 atom stereocenters. The Morgan fingerprint density at radius 3 is 2.20 bits per heavy atom. The predicted octanol–water partition coefficient (Wildman–Crippen LogP) is 2.19. The van der Waals surface area contributed by atoms with Crippen LogP contribution in [0.2, 0.25) is 0 Å². The van der Waals surface area contributed by atoms with Crippen LogP contribution in [0.25, 0.3) is 0 Å². The van der Waals surface area contributed by atoms with Crippen LogP contribution in [-0.4, -0.2) is 128 Å². The van der Waals surface area contributed by atoms with Crippen molar-refractivity contribution in [1.29, 1.82) is 0 Å². The Balaban J connectivity index is 1.27. The number of hydrogen-bond donors (Lipinski definition) is 8. The molecule has 0 spiro atoms. The van der Waals surface area contributed by atoms with Gasteiger partial charge in [0.1, 0.15) is 31.0 Å². The zero-order chi connectivity index (χ0) is 39.9. The number of carboxylic acid groups (broad SMARTS) is 1. The number of rotatable bonds is 9. The van der Waals surface area contributed by atoms with E-state index in [1.54, 1.807) is 6.92 Å². The number of carboxylic acids is 1. The maximum absolute atomic E-state index is 13.0. The number of fused-ring (bicyclic) bond motifs is 7. The smallest absolute Gasteiger partial charge is 0.335 e. The van der Waals surface area contributed by atoms with Gasteiger partial charge in [-0.2, -0.15) is 0 Å². The molecule has 308 valence electrons. The summed E-state index contributed by atoms with van der Waals surface area (Å²) in [6.07, 6.45) is -4.32. The first-order valence-corrected chi connectivity index (χ1v) is 20.2. The molecule has 0 radical (unpaired) electrons. The number of carbonyl (C=O) groups excluding carboxylic acids is 1. The van der Waals surface area contributed by atoms with E-state index in [-0.39, 0.29) is 66.2 Å². The first-order chi connectivity index (χ1) is 25.1. The van der Waals surface area contributed by atoms with Gasteiger partial charge in [-0.25, -0.2) is 4.79 Å². The van der Waals surface area contributed by atoms with Crippen molar-refractivity contribution in [2.24, 2.45) is 56.7 Å². The molecule has 1 saturated heterocycles. The van der Waals surface area contributed by atoms with Crippen molar-refractivity contribution in [2.45, 2.75) is 155 Å². The molecule has 0 amide bonds. The molecule has 1 heterocycles. The van der Waals surface area contributed by atoms with Crippen LogP contribution < -0.4 is 0 Å². The molecule has 18 unspecified atom stereocenters. The monoisotopic (exact) mass is 766 g/mol. The highest BCUT2D eigenvalue weighted by Gasteiger charge is 2.70. The number of allylic oxidation sites excluding steroid dienone is 2. The summed E-state index contributed by atoms with van der Waals surface area (Å²) >= 11 is 0. The molecule has 0 aromatic carbocycles. The fourth-order valence-corrected chi connectivity index (χ4v) is 12.7. The molecular formula is C41H66O13. The molecular weight excluding hydrogens is 700 g/mol. The van der Waals surface area contributed by atoms with Gasteiger partial charge in [0.2, 0.25) is 0 Å². The van der Waals surface area contributed by atoms with E-state index in [9.17, 15) is 50.4 Å². The van der Waals surface area contributed by atoms with E-state index in [1.807, 2.05) is 27.7 Å². The molecule has 0 aromatic heterocycles. The van der Waals surface area contributed by atoms with E-state index >= 15 is 0 Å². The zero-order valence-electron chi connectivity index (χ0n) is 33.1. The standard InChI is InChI=1S/C41H66O13/c1-8-20(2)36(51)53-19-41-23(16-37(3,4)33(47)34(41)48)21-9-10-25-38(5,22(21)15-27(41)43)13-11-26-39(25,6)14-12-28(40(26,7)18-42)52-17-24-29(44)30(45)31(46)32(54-24)35(49)50/h9,20,22-34,42-48H,8,10-19H2,1-7H3,(H,49,50). The number of ether oxygens (including phenoxy) is 3. The summed E-state index contributed by atoms with van der Waals surface area (Å²) in [5, 5.41) is 87.3. The van der Waals surface area contributed by atoms with E-state index in [2.05, 4.69) is 19.9 Å². The summed E-state index contributed by atoms with van der Waals surface area (Å²) in [7, 11) is 0. The first kappa shape index (κ1) is 41.9. The van der Waals surface area contributed by atoms with E-state index in [0.29, 0.717) is 25.7 Å². The van der Waals surface area contributed by atoms with Crippen molar-refractivity contribution in [1.82, 2.24) is 0 Å². The Labute approximate surface area is 319 Å². The zero-order valence-corrected chi connectivity index (χ0v) is 33.1. The van der Waals surface area contributed by atoms with Crippen LogP contribution in [0.15, 0.2) is 11.6 Å². The Bertz CT molecular complexity index is 1450. The van der Waals surface area contributed by atoms with Gasteiger partial charge >= 0.3 is 11.9 Å². The van der Waals surface area contributed by atoms with E-state index in [4.69, 9.17) is 14.2 Å². The molecule has 0 aromatic rings. The minimum Gasteiger partial charge on any atom is -0.479 e. The predicted molar refractivity (Wildman–Crippen MR) is 194 cm³/mol. The Morgan fingerprint density at radius 2 is 1.57 bits per heavy atom. The average molecular weight is 767 g/mol. The second-order valence-electron chi connectivity index (χ2n) is 19.5. The number of aliphatic hydroxyl groups is 7. The third-order valence-electron chi connectivity index (χ3n) is 16.4. The van der Waals surface area contributed by atoms with Crippen LogP contribution in [0.5, 0.6) is 0 Å². The maximum Gasteiger partial charge on any atom is 0.335 e. The summed E-state index contributed by atoms with van der Waals surface area (Å²) in [5.74, 6) is -2.25. The average Bonchev–Trinajstić information content (AvgIpc) is 3.12. The van der Waals surface area contributed by atoms with Crippen LogP contribution in [0.3, 0.4) is 0 Å². The van der Waals surface area contributed by atoms with Crippen molar-refractivity contribution in [2.75, 3.05) is 19.8 Å². The Hall–Kier alpha value is -1.68. The maximum atomic E-state index is 13.0. The summed E-state index contributed by atoms with van der Waals surface area (Å²) in [5.41, 5.74) is -1.87. The molecule has 13 heteroatoms. The van der Waals surface area contributed by atoms with Crippen LogP contribution in [0.4, 0.5) is 0 Å². The number of carbonyl (C=O) groups is 2. The SMILES string of the molecule is CCC(C)C(=O)OCC12C(O)CC3C(=CCC4C3(C)CCC3C(C)(CO)C(OCC5OC(C(=O)O)C(O)C(O)C5O)CCC34C)C1CC(C)(C)C(O)C2O. The summed E-state index contributed by atoms with van der Waals surface area (Å²) in [6.45, 7) is 13.7.